The van der Waals surface area contributed by atoms with E-state index >= 15 is 0 Å². The van der Waals surface area contributed by atoms with E-state index in [0.717, 1.165) is 0 Å². The van der Waals surface area contributed by atoms with E-state index in [1.807, 2.05) is 0 Å². The molecule has 0 bridgehead atoms. The molecule has 1 N–H and O–H groups in total. The lowest BCUT2D eigenvalue weighted by atomic mass is 9.98. The number of hydrogen-bond donors (Lipinski definition) is 1. The van der Waals surface area contributed by atoms with Crippen LogP contribution in [-0.2, 0) is 11.0 Å². The number of hydrogen-bond acceptors (Lipinski definition) is 5. The Kier molecular flexibility index (Phi) is 3.42. The molecule has 2 heterocycles. The SMILES string of the molecule is O=C(O)C1CCN(c2nnc(C(F)(F)F)s2)CC1. The molecule has 5 nitrogen and oxygen atoms in total. The van der Waals surface area contributed by atoms with Crippen LogP contribution in [0.3, 0.4) is 0 Å². The van der Waals surface area contributed by atoms with Gasteiger partial charge in [-0.1, -0.05) is 11.3 Å². The fraction of sp³-hybridized carbons (Fsp3) is 0.667. The summed E-state index contributed by atoms with van der Waals surface area (Å²) in [6.07, 6.45) is -3.65. The van der Waals surface area contributed by atoms with Gasteiger partial charge in [0.2, 0.25) is 10.1 Å². The van der Waals surface area contributed by atoms with E-state index < -0.39 is 23.1 Å². The summed E-state index contributed by atoms with van der Waals surface area (Å²) in [4.78, 5) is 12.4. The molecule has 0 saturated carbocycles. The number of halogens is 3. The number of rotatable bonds is 2. The fourth-order valence-electron chi connectivity index (χ4n) is 1.78. The van der Waals surface area contributed by atoms with Crippen LogP contribution in [0.15, 0.2) is 0 Å². The molecule has 100 valence electrons. The van der Waals surface area contributed by atoms with Gasteiger partial charge in [-0.25, -0.2) is 0 Å². The van der Waals surface area contributed by atoms with Crippen molar-refractivity contribution in [3.8, 4) is 0 Å². The molecule has 9 heteroatoms. The van der Waals surface area contributed by atoms with Gasteiger partial charge in [0.05, 0.1) is 5.92 Å². The Morgan fingerprint density at radius 2 is 1.94 bits per heavy atom. The zero-order chi connectivity index (χ0) is 13.3. The minimum absolute atomic E-state index is 0.200. The summed E-state index contributed by atoms with van der Waals surface area (Å²) < 4.78 is 37.0. The molecule has 0 atom stereocenters. The van der Waals surface area contributed by atoms with Crippen molar-refractivity contribution in [3.05, 3.63) is 5.01 Å². The van der Waals surface area contributed by atoms with Gasteiger partial charge in [0.25, 0.3) is 0 Å². The first-order chi connectivity index (χ1) is 8.38. The smallest absolute Gasteiger partial charge is 0.445 e. The Hall–Kier alpha value is -1.38. The molecular weight excluding hydrogens is 271 g/mol. The third-order valence-corrected chi connectivity index (χ3v) is 3.80. The average Bonchev–Trinajstić information content (AvgIpc) is 2.78. The van der Waals surface area contributed by atoms with Gasteiger partial charge in [-0.05, 0) is 12.8 Å². The molecule has 1 saturated heterocycles. The van der Waals surface area contributed by atoms with Gasteiger partial charge in [-0.15, -0.1) is 10.2 Å². The third-order valence-electron chi connectivity index (χ3n) is 2.77. The van der Waals surface area contributed by atoms with E-state index in [2.05, 4.69) is 10.2 Å². The number of nitrogens with zero attached hydrogens (tertiary/aromatic N) is 3. The van der Waals surface area contributed by atoms with E-state index in [1.165, 1.54) is 0 Å². The summed E-state index contributed by atoms with van der Waals surface area (Å²) in [7, 11) is 0. The molecule has 0 amide bonds. The van der Waals surface area contributed by atoms with Crippen LogP contribution in [-0.4, -0.2) is 34.4 Å². The standard InChI is InChI=1S/C9H10F3N3O2S/c10-9(11,12)7-13-14-8(18-7)15-3-1-5(2-4-15)6(16)17/h5H,1-4H2,(H,16,17). The molecule has 0 aromatic carbocycles. The maximum absolute atomic E-state index is 12.3. The number of aliphatic carboxylic acids is 1. The van der Waals surface area contributed by atoms with Crippen LogP contribution in [0.4, 0.5) is 18.3 Å². The number of alkyl halides is 3. The Bertz CT molecular complexity index is 441. The summed E-state index contributed by atoms with van der Waals surface area (Å²) in [5, 5.41) is 14.6. The summed E-state index contributed by atoms with van der Waals surface area (Å²) in [5.41, 5.74) is 0. The van der Waals surface area contributed by atoms with Crippen LogP contribution < -0.4 is 4.90 Å². The van der Waals surface area contributed by atoms with Gasteiger partial charge >= 0.3 is 12.1 Å². The maximum atomic E-state index is 12.3. The van der Waals surface area contributed by atoms with Gasteiger partial charge in [-0.2, -0.15) is 13.2 Å². The molecule has 0 aliphatic carbocycles. The van der Waals surface area contributed by atoms with Crippen LogP contribution in [0.25, 0.3) is 0 Å². The van der Waals surface area contributed by atoms with Crippen molar-refractivity contribution < 1.29 is 23.1 Å². The predicted octanol–water partition coefficient (Wildman–Crippen LogP) is 1.86. The Balaban J connectivity index is 2.02. The highest BCUT2D eigenvalue weighted by Crippen LogP contribution is 2.35. The van der Waals surface area contributed by atoms with E-state index in [1.54, 1.807) is 4.90 Å². The second-order valence-electron chi connectivity index (χ2n) is 3.99. The maximum Gasteiger partial charge on any atom is 0.445 e. The van der Waals surface area contributed by atoms with Crippen LogP contribution in [0.2, 0.25) is 0 Å². The molecule has 0 unspecified atom stereocenters. The van der Waals surface area contributed by atoms with Crippen LogP contribution in [0, 0.1) is 5.92 Å². The molecule has 0 spiro atoms. The van der Waals surface area contributed by atoms with Crippen LogP contribution in [0.1, 0.15) is 17.8 Å². The Labute approximate surface area is 104 Å². The van der Waals surface area contributed by atoms with Crippen molar-refractivity contribution in [2.75, 3.05) is 18.0 Å². The summed E-state index contributed by atoms with van der Waals surface area (Å²) in [6, 6.07) is 0. The molecule has 1 aromatic heterocycles. The van der Waals surface area contributed by atoms with Gasteiger partial charge in [0, 0.05) is 13.1 Å². The quantitative estimate of drug-likeness (QED) is 0.896. The zero-order valence-corrected chi connectivity index (χ0v) is 9.96. The Morgan fingerprint density at radius 3 is 2.39 bits per heavy atom. The number of carboxylic acids is 1. The molecular formula is C9H10F3N3O2S. The van der Waals surface area contributed by atoms with Crippen LogP contribution >= 0.6 is 11.3 Å². The Morgan fingerprint density at radius 1 is 1.33 bits per heavy atom. The lowest BCUT2D eigenvalue weighted by Crippen LogP contribution is -2.36. The molecule has 1 aromatic rings. The van der Waals surface area contributed by atoms with E-state index in [-0.39, 0.29) is 5.13 Å². The minimum atomic E-state index is -4.48. The van der Waals surface area contributed by atoms with Crippen molar-refractivity contribution in [1.29, 1.82) is 0 Å². The predicted molar refractivity (Wildman–Crippen MR) is 57.5 cm³/mol. The normalized spacial score (nSPS) is 18.1. The number of anilines is 1. The number of piperidine rings is 1. The molecule has 1 aliphatic heterocycles. The molecule has 1 fully saturated rings. The number of aromatic nitrogens is 2. The molecule has 18 heavy (non-hydrogen) atoms. The van der Waals surface area contributed by atoms with Crippen molar-refractivity contribution in [1.82, 2.24) is 10.2 Å². The highest BCUT2D eigenvalue weighted by Gasteiger charge is 2.36. The van der Waals surface area contributed by atoms with Gasteiger partial charge < -0.3 is 10.0 Å². The lowest BCUT2D eigenvalue weighted by molar-refractivity contribution is -0.142. The molecule has 2 rings (SSSR count). The molecule has 0 radical (unpaired) electrons. The van der Waals surface area contributed by atoms with Crippen molar-refractivity contribution in [2.45, 2.75) is 19.0 Å². The molecule has 1 aliphatic rings. The van der Waals surface area contributed by atoms with Gasteiger partial charge in [0.1, 0.15) is 0 Å². The number of carboxylic acid groups (broad SMARTS) is 1. The average molecular weight is 281 g/mol. The van der Waals surface area contributed by atoms with E-state index in [4.69, 9.17) is 5.11 Å². The summed E-state index contributed by atoms with van der Waals surface area (Å²) in [6.45, 7) is 0.785. The third kappa shape index (κ3) is 2.71. The van der Waals surface area contributed by atoms with Crippen LogP contribution in [0.5, 0.6) is 0 Å². The van der Waals surface area contributed by atoms with Gasteiger partial charge in [-0.3, -0.25) is 4.79 Å². The van der Waals surface area contributed by atoms with E-state index in [9.17, 15) is 18.0 Å². The lowest BCUT2D eigenvalue weighted by Gasteiger charge is -2.29. The topological polar surface area (TPSA) is 66.3 Å². The van der Waals surface area contributed by atoms with Gasteiger partial charge in [0.15, 0.2) is 0 Å². The summed E-state index contributed by atoms with van der Waals surface area (Å²) in [5.74, 6) is -1.28. The minimum Gasteiger partial charge on any atom is -0.481 e. The highest BCUT2D eigenvalue weighted by molar-refractivity contribution is 7.15. The second kappa shape index (κ2) is 4.71. The largest absolute Gasteiger partial charge is 0.481 e. The number of carbonyl (C=O) groups is 1. The first-order valence-corrected chi connectivity index (χ1v) is 6.08. The highest BCUT2D eigenvalue weighted by atomic mass is 32.1. The summed E-state index contributed by atoms with van der Waals surface area (Å²) >= 11 is 0.487. The van der Waals surface area contributed by atoms with E-state index in [0.29, 0.717) is 37.3 Å². The first-order valence-electron chi connectivity index (χ1n) is 5.26. The van der Waals surface area contributed by atoms with Crippen molar-refractivity contribution >= 4 is 22.4 Å². The fourth-order valence-corrected chi connectivity index (χ4v) is 2.54. The van der Waals surface area contributed by atoms with Crippen molar-refractivity contribution in [2.24, 2.45) is 5.92 Å². The second-order valence-corrected chi connectivity index (χ2v) is 4.94. The first kappa shape index (κ1) is 13.1. The zero-order valence-electron chi connectivity index (χ0n) is 9.15. The van der Waals surface area contributed by atoms with Crippen molar-refractivity contribution in [3.63, 3.8) is 0 Å². The monoisotopic (exact) mass is 281 g/mol.